The summed E-state index contributed by atoms with van der Waals surface area (Å²) in [5.41, 5.74) is 1.11. The molecule has 1 fully saturated rings. The van der Waals surface area contributed by atoms with Crippen LogP contribution >= 0.6 is 11.3 Å². The van der Waals surface area contributed by atoms with E-state index in [1.54, 1.807) is 11.3 Å². The largest absolute Gasteiger partial charge is 0.356 e. The summed E-state index contributed by atoms with van der Waals surface area (Å²) in [5, 5.41) is 6.73. The minimum atomic E-state index is 0.799. The number of nitrogens with zero attached hydrogens (tertiary/aromatic N) is 4. The van der Waals surface area contributed by atoms with E-state index in [1.165, 1.54) is 38.9 Å². The standard InChI is InChI=1S/C19H35N5S/c1-15-10-16(2)12-24(11-15)9-7-6-8-21-19(20-4)23(5)13-18-14-25-17(3)22-18/h14-16H,6-13H2,1-5H3,(H,20,21). The molecule has 0 amide bonds. The molecule has 2 heterocycles. The van der Waals surface area contributed by atoms with Gasteiger partial charge in [-0.05, 0) is 44.6 Å². The Hall–Kier alpha value is -1.14. The van der Waals surface area contributed by atoms with Gasteiger partial charge in [-0.25, -0.2) is 4.98 Å². The van der Waals surface area contributed by atoms with E-state index >= 15 is 0 Å². The molecule has 25 heavy (non-hydrogen) atoms. The van der Waals surface area contributed by atoms with Gasteiger partial charge in [-0.1, -0.05) is 13.8 Å². The highest BCUT2D eigenvalue weighted by Crippen LogP contribution is 2.20. The number of aromatic nitrogens is 1. The van der Waals surface area contributed by atoms with E-state index in [1.807, 2.05) is 14.0 Å². The van der Waals surface area contributed by atoms with Gasteiger partial charge in [0.2, 0.25) is 0 Å². The molecular weight excluding hydrogens is 330 g/mol. The van der Waals surface area contributed by atoms with Crippen LogP contribution < -0.4 is 5.32 Å². The van der Waals surface area contributed by atoms with Gasteiger partial charge in [0.25, 0.3) is 0 Å². The average Bonchev–Trinajstić information content (AvgIpc) is 2.94. The number of guanidine groups is 1. The van der Waals surface area contributed by atoms with E-state index in [-0.39, 0.29) is 0 Å². The molecule has 1 N–H and O–H groups in total. The van der Waals surface area contributed by atoms with Crippen molar-refractivity contribution in [1.29, 1.82) is 0 Å². The normalized spacial score (nSPS) is 22.2. The number of piperidine rings is 1. The Labute approximate surface area is 157 Å². The third-order valence-corrected chi connectivity index (χ3v) is 5.59. The number of hydrogen-bond acceptors (Lipinski definition) is 4. The number of unbranched alkanes of at least 4 members (excludes halogenated alkanes) is 1. The smallest absolute Gasteiger partial charge is 0.193 e. The van der Waals surface area contributed by atoms with Gasteiger partial charge < -0.3 is 15.1 Å². The second kappa shape index (κ2) is 10.1. The molecular formula is C19H35N5S. The van der Waals surface area contributed by atoms with E-state index in [2.05, 4.69) is 51.4 Å². The number of nitrogens with one attached hydrogen (secondary N) is 1. The Balaban J connectivity index is 1.64. The van der Waals surface area contributed by atoms with Crippen molar-refractivity contribution in [3.05, 3.63) is 16.1 Å². The summed E-state index contributed by atoms with van der Waals surface area (Å²) in [6.45, 7) is 12.4. The molecule has 1 aliphatic rings. The molecule has 0 bridgehead atoms. The lowest BCUT2D eigenvalue weighted by atomic mass is 9.92. The van der Waals surface area contributed by atoms with Gasteiger partial charge in [0.15, 0.2) is 5.96 Å². The molecule has 2 unspecified atom stereocenters. The first-order valence-corrected chi connectivity index (χ1v) is 10.4. The first kappa shape index (κ1) is 20.2. The number of aliphatic imine (C=N–C) groups is 1. The summed E-state index contributed by atoms with van der Waals surface area (Å²) in [4.78, 5) is 13.7. The van der Waals surface area contributed by atoms with Crippen LogP contribution in [0, 0.1) is 18.8 Å². The van der Waals surface area contributed by atoms with E-state index in [9.17, 15) is 0 Å². The molecule has 0 aliphatic carbocycles. The molecule has 0 aromatic carbocycles. The predicted molar refractivity (Wildman–Crippen MR) is 108 cm³/mol. The SMILES string of the molecule is CN=C(NCCCCN1CC(C)CC(C)C1)N(C)Cc1csc(C)n1. The van der Waals surface area contributed by atoms with Gasteiger partial charge in [-0.2, -0.15) is 0 Å². The molecule has 0 radical (unpaired) electrons. The molecule has 6 heteroatoms. The van der Waals surface area contributed by atoms with Crippen LogP contribution in [0.3, 0.4) is 0 Å². The zero-order chi connectivity index (χ0) is 18.2. The average molecular weight is 366 g/mol. The summed E-state index contributed by atoms with van der Waals surface area (Å²) in [7, 11) is 3.92. The molecule has 1 aromatic heterocycles. The van der Waals surface area contributed by atoms with Crippen molar-refractivity contribution in [2.45, 2.75) is 46.6 Å². The minimum absolute atomic E-state index is 0.799. The maximum atomic E-state index is 4.53. The minimum Gasteiger partial charge on any atom is -0.356 e. The molecule has 2 rings (SSSR count). The number of aryl methyl sites for hydroxylation is 1. The van der Waals surface area contributed by atoms with Crippen molar-refractivity contribution in [1.82, 2.24) is 20.1 Å². The predicted octanol–water partition coefficient (Wildman–Crippen LogP) is 3.22. The lowest BCUT2D eigenvalue weighted by Crippen LogP contribution is -2.40. The first-order chi connectivity index (χ1) is 12.0. The Kier molecular flexibility index (Phi) is 8.16. The summed E-state index contributed by atoms with van der Waals surface area (Å²) in [6, 6.07) is 0. The second-order valence-electron chi connectivity index (χ2n) is 7.60. The molecule has 2 atom stereocenters. The van der Waals surface area contributed by atoms with Gasteiger partial charge in [-0.3, -0.25) is 4.99 Å². The third kappa shape index (κ3) is 6.94. The number of rotatable bonds is 7. The van der Waals surface area contributed by atoms with Crippen molar-refractivity contribution >= 4 is 17.3 Å². The highest BCUT2D eigenvalue weighted by molar-refractivity contribution is 7.09. The lowest BCUT2D eigenvalue weighted by Gasteiger charge is -2.35. The lowest BCUT2D eigenvalue weighted by molar-refractivity contribution is 0.139. The summed E-state index contributed by atoms with van der Waals surface area (Å²) < 4.78 is 0. The second-order valence-corrected chi connectivity index (χ2v) is 8.66. The van der Waals surface area contributed by atoms with E-state index in [0.717, 1.165) is 41.6 Å². The number of thiazole rings is 1. The highest BCUT2D eigenvalue weighted by Gasteiger charge is 2.20. The monoisotopic (exact) mass is 365 g/mol. The summed E-state index contributed by atoms with van der Waals surface area (Å²) >= 11 is 1.70. The van der Waals surface area contributed by atoms with E-state index < -0.39 is 0 Å². The van der Waals surface area contributed by atoms with Crippen molar-refractivity contribution < 1.29 is 0 Å². The van der Waals surface area contributed by atoms with Crippen LogP contribution in [-0.2, 0) is 6.54 Å². The molecule has 1 aliphatic heterocycles. The van der Waals surface area contributed by atoms with Gasteiger partial charge in [0.05, 0.1) is 17.2 Å². The van der Waals surface area contributed by atoms with Crippen LogP contribution in [0.1, 0.15) is 43.8 Å². The quantitative estimate of drug-likeness (QED) is 0.458. The maximum absolute atomic E-state index is 4.53. The van der Waals surface area contributed by atoms with Gasteiger partial charge in [0.1, 0.15) is 0 Å². The highest BCUT2D eigenvalue weighted by atomic mass is 32.1. The van der Waals surface area contributed by atoms with Gasteiger partial charge in [0, 0.05) is 39.1 Å². The summed E-state index contributed by atoms with van der Waals surface area (Å²) in [6.07, 6.45) is 3.82. The fraction of sp³-hybridized carbons (Fsp3) is 0.789. The first-order valence-electron chi connectivity index (χ1n) is 9.53. The van der Waals surface area contributed by atoms with Gasteiger partial charge in [-0.15, -0.1) is 11.3 Å². The molecule has 5 nitrogen and oxygen atoms in total. The van der Waals surface area contributed by atoms with Crippen LogP contribution in [0.15, 0.2) is 10.4 Å². The Bertz CT molecular complexity index is 532. The van der Waals surface area contributed by atoms with Crippen LogP contribution in [-0.4, -0.2) is 61.0 Å². The fourth-order valence-electron chi connectivity index (χ4n) is 3.82. The van der Waals surface area contributed by atoms with E-state index in [0.29, 0.717) is 0 Å². The molecule has 1 saturated heterocycles. The Morgan fingerprint density at radius 1 is 1.36 bits per heavy atom. The van der Waals surface area contributed by atoms with Crippen molar-refractivity contribution in [3.63, 3.8) is 0 Å². The molecule has 0 spiro atoms. The van der Waals surface area contributed by atoms with Crippen LogP contribution in [0.25, 0.3) is 0 Å². The van der Waals surface area contributed by atoms with Crippen molar-refractivity contribution in [2.75, 3.05) is 40.3 Å². The molecule has 0 saturated carbocycles. The number of likely N-dealkylation sites (tertiary alicyclic amines) is 1. The van der Waals surface area contributed by atoms with Crippen LogP contribution in [0.4, 0.5) is 0 Å². The third-order valence-electron chi connectivity index (χ3n) is 4.77. The maximum Gasteiger partial charge on any atom is 0.193 e. The van der Waals surface area contributed by atoms with Crippen molar-refractivity contribution in [3.8, 4) is 0 Å². The fourth-order valence-corrected chi connectivity index (χ4v) is 4.42. The van der Waals surface area contributed by atoms with Gasteiger partial charge >= 0.3 is 0 Å². The van der Waals surface area contributed by atoms with E-state index in [4.69, 9.17) is 0 Å². The zero-order valence-corrected chi connectivity index (χ0v) is 17.4. The Morgan fingerprint density at radius 3 is 2.68 bits per heavy atom. The van der Waals surface area contributed by atoms with Crippen molar-refractivity contribution in [2.24, 2.45) is 16.8 Å². The number of hydrogen-bond donors (Lipinski definition) is 1. The van der Waals surface area contributed by atoms with Crippen LogP contribution in [0.2, 0.25) is 0 Å². The summed E-state index contributed by atoms with van der Waals surface area (Å²) in [5.74, 6) is 2.65. The molecule has 1 aromatic rings. The Morgan fingerprint density at radius 2 is 2.08 bits per heavy atom. The molecule has 142 valence electrons. The topological polar surface area (TPSA) is 43.8 Å². The zero-order valence-electron chi connectivity index (χ0n) is 16.6. The van der Waals surface area contributed by atoms with Crippen LogP contribution in [0.5, 0.6) is 0 Å².